The zero-order valence-electron chi connectivity index (χ0n) is 6.76. The number of aryl methyl sites for hydroxylation is 1. The van der Waals surface area contributed by atoms with Crippen molar-refractivity contribution in [3.63, 3.8) is 0 Å². The third kappa shape index (κ3) is 1.51. The molecule has 11 heavy (non-hydrogen) atoms. The van der Waals surface area contributed by atoms with Crippen molar-refractivity contribution in [2.75, 3.05) is 0 Å². The van der Waals surface area contributed by atoms with E-state index >= 15 is 0 Å². The summed E-state index contributed by atoms with van der Waals surface area (Å²) in [7, 11) is 0. The molecule has 0 amide bonds. The summed E-state index contributed by atoms with van der Waals surface area (Å²) in [5.41, 5.74) is 2.01. The van der Waals surface area contributed by atoms with Crippen molar-refractivity contribution >= 4 is 19.1 Å². The molecule has 1 aromatic heterocycles. The van der Waals surface area contributed by atoms with Crippen LogP contribution >= 0.6 is 0 Å². The van der Waals surface area contributed by atoms with E-state index in [0.717, 1.165) is 23.3 Å². The van der Waals surface area contributed by atoms with Crippen molar-refractivity contribution in [2.45, 2.75) is 13.3 Å². The molecule has 0 saturated heterocycles. The van der Waals surface area contributed by atoms with Crippen molar-refractivity contribution in [1.29, 1.82) is 0 Å². The summed E-state index contributed by atoms with van der Waals surface area (Å²) >= 11 is 0. The van der Waals surface area contributed by atoms with Gasteiger partial charge in [-0.3, -0.25) is 0 Å². The van der Waals surface area contributed by atoms with E-state index in [1.54, 1.807) is 12.2 Å². The van der Waals surface area contributed by atoms with Gasteiger partial charge in [-0.25, -0.2) is 0 Å². The molecular formula is C9H11BO. The first-order chi connectivity index (χ1) is 5.31. The molecule has 0 aliphatic heterocycles. The Kier molecular flexibility index (Phi) is 2.47. The number of hydrogen-bond acceptors (Lipinski definition) is 1. The van der Waals surface area contributed by atoms with Gasteiger partial charge in [0.2, 0.25) is 0 Å². The van der Waals surface area contributed by atoms with Crippen molar-refractivity contribution in [2.24, 2.45) is 0 Å². The van der Waals surface area contributed by atoms with Crippen LogP contribution in [0.3, 0.4) is 0 Å². The maximum absolute atomic E-state index is 5.41. The molecule has 0 aromatic carbocycles. The first-order valence-electron chi connectivity index (χ1n) is 3.69. The Hall–Kier alpha value is -1.05. The molecule has 0 saturated carbocycles. The zero-order chi connectivity index (χ0) is 8.27. The van der Waals surface area contributed by atoms with Crippen LogP contribution in [-0.2, 0) is 6.42 Å². The Bertz CT molecular complexity index is 248. The molecule has 0 bridgehead atoms. The van der Waals surface area contributed by atoms with Crippen LogP contribution in [0.1, 0.15) is 23.8 Å². The molecule has 1 aromatic rings. The number of hydrogen-bond donors (Lipinski definition) is 0. The average molecular weight is 146 g/mol. The molecule has 0 atom stereocenters. The van der Waals surface area contributed by atoms with E-state index in [0.29, 0.717) is 0 Å². The molecule has 0 radical (unpaired) electrons. The summed E-state index contributed by atoms with van der Waals surface area (Å²) in [5.74, 6) is 0.817. The van der Waals surface area contributed by atoms with E-state index in [2.05, 4.69) is 20.1 Å². The first kappa shape index (κ1) is 8.06. The standard InChI is InChI=1S/C9H11BO/c1-4-7-8(5-2)11-9(6-3)10-7/h4-5H,1-2,6H2,3H3. The van der Waals surface area contributed by atoms with Crippen LogP contribution in [0.5, 0.6) is 0 Å². The van der Waals surface area contributed by atoms with Crippen LogP contribution < -0.4 is 0 Å². The topological polar surface area (TPSA) is 13.1 Å². The van der Waals surface area contributed by atoms with Gasteiger partial charge in [-0.2, -0.15) is 0 Å². The second-order valence-electron chi connectivity index (χ2n) is 2.29. The predicted molar refractivity (Wildman–Crippen MR) is 49.6 cm³/mol. The van der Waals surface area contributed by atoms with Gasteiger partial charge in [0.25, 0.3) is 0 Å². The molecule has 1 heterocycles. The fourth-order valence-corrected chi connectivity index (χ4v) is 0.967. The van der Waals surface area contributed by atoms with E-state index in [1.807, 2.05) is 6.91 Å². The molecular weight excluding hydrogens is 135 g/mol. The first-order valence-corrected chi connectivity index (χ1v) is 3.69. The van der Waals surface area contributed by atoms with Crippen LogP contribution in [-0.4, -0.2) is 6.91 Å². The van der Waals surface area contributed by atoms with Gasteiger partial charge in [0.15, 0.2) is 0 Å². The molecule has 0 N–H and O–H groups in total. The third-order valence-electron chi connectivity index (χ3n) is 1.60. The van der Waals surface area contributed by atoms with Crippen molar-refractivity contribution in [3.8, 4) is 0 Å². The van der Waals surface area contributed by atoms with Gasteiger partial charge in [-0.05, 0) is 0 Å². The summed E-state index contributed by atoms with van der Waals surface area (Å²) in [5, 5.41) is 0. The quantitative estimate of drug-likeness (QED) is 0.638. The molecule has 0 aliphatic rings. The van der Waals surface area contributed by atoms with Crippen LogP contribution in [0.2, 0.25) is 0 Å². The second-order valence-corrected chi connectivity index (χ2v) is 2.29. The second kappa shape index (κ2) is 3.38. The molecule has 0 fully saturated rings. The fraction of sp³-hybridized carbons (Fsp3) is 0.222. The van der Waals surface area contributed by atoms with Crippen LogP contribution in [0.4, 0.5) is 0 Å². The molecule has 0 unspecified atom stereocenters. The predicted octanol–water partition coefficient (Wildman–Crippen LogP) is 2.47. The monoisotopic (exact) mass is 146 g/mol. The minimum atomic E-state index is 0.817. The summed E-state index contributed by atoms with van der Waals surface area (Å²) in [6, 6.07) is 0. The Balaban J connectivity index is 3.11. The Morgan fingerprint density at radius 3 is 2.55 bits per heavy atom. The van der Waals surface area contributed by atoms with E-state index in [9.17, 15) is 0 Å². The van der Waals surface area contributed by atoms with Gasteiger partial charge in [0, 0.05) is 0 Å². The van der Waals surface area contributed by atoms with Gasteiger partial charge in [0.1, 0.15) is 0 Å². The van der Waals surface area contributed by atoms with Gasteiger partial charge in [-0.15, -0.1) is 0 Å². The zero-order valence-corrected chi connectivity index (χ0v) is 6.76. The SMILES string of the molecule is C=Cc1bc(CC)oc1C=C. The van der Waals surface area contributed by atoms with Gasteiger partial charge in [0.05, 0.1) is 0 Å². The van der Waals surface area contributed by atoms with E-state index < -0.39 is 0 Å². The third-order valence-corrected chi connectivity index (χ3v) is 1.60. The van der Waals surface area contributed by atoms with Crippen LogP contribution in [0, 0.1) is 0 Å². The summed E-state index contributed by atoms with van der Waals surface area (Å²) < 4.78 is 5.41. The van der Waals surface area contributed by atoms with Crippen molar-refractivity contribution < 1.29 is 4.42 Å². The summed E-state index contributed by atoms with van der Waals surface area (Å²) in [6.07, 6.45) is 4.39. The maximum atomic E-state index is 5.41. The van der Waals surface area contributed by atoms with E-state index in [-0.39, 0.29) is 0 Å². The molecule has 0 spiro atoms. The Morgan fingerprint density at radius 2 is 2.18 bits per heavy atom. The van der Waals surface area contributed by atoms with Gasteiger partial charge in [-0.1, -0.05) is 0 Å². The van der Waals surface area contributed by atoms with Gasteiger partial charge >= 0.3 is 66.9 Å². The van der Waals surface area contributed by atoms with Gasteiger partial charge < -0.3 is 0 Å². The van der Waals surface area contributed by atoms with Crippen molar-refractivity contribution in [3.05, 3.63) is 30.0 Å². The molecule has 56 valence electrons. The Labute approximate surface area is 67.6 Å². The summed E-state index contributed by atoms with van der Waals surface area (Å²) in [6.45, 7) is 11.4. The molecule has 0 aliphatic carbocycles. The van der Waals surface area contributed by atoms with Crippen molar-refractivity contribution in [1.82, 2.24) is 0 Å². The fourth-order valence-electron chi connectivity index (χ4n) is 0.967. The molecule has 1 nitrogen and oxygen atoms in total. The normalized spacial score (nSPS) is 9.18. The van der Waals surface area contributed by atoms with Crippen LogP contribution in [0.25, 0.3) is 12.2 Å². The average Bonchev–Trinajstić information content (AvgIpc) is 2.46. The number of rotatable bonds is 3. The van der Waals surface area contributed by atoms with Crippen LogP contribution in [0.15, 0.2) is 17.6 Å². The van der Waals surface area contributed by atoms with E-state index in [1.165, 1.54) is 0 Å². The minimum absolute atomic E-state index is 0.817. The molecule has 1 rings (SSSR count). The van der Waals surface area contributed by atoms with E-state index in [4.69, 9.17) is 4.42 Å². The summed E-state index contributed by atoms with van der Waals surface area (Å²) in [4.78, 5) is 0. The molecule has 2 heteroatoms. The Morgan fingerprint density at radius 1 is 1.45 bits per heavy atom.